The van der Waals surface area contributed by atoms with Crippen molar-refractivity contribution < 1.29 is 35.8 Å². The van der Waals surface area contributed by atoms with Crippen molar-refractivity contribution in [3.05, 3.63) is 70.2 Å². The topological polar surface area (TPSA) is 18.5 Å². The lowest BCUT2D eigenvalue weighted by molar-refractivity contribution is -0.273. The van der Waals surface area contributed by atoms with Crippen molar-refractivity contribution in [1.29, 1.82) is 0 Å². The molecule has 0 unspecified atom stereocenters. The highest BCUT2D eigenvalue weighted by molar-refractivity contribution is 5.42. The maximum absolute atomic E-state index is 14.4. The van der Waals surface area contributed by atoms with E-state index in [0.29, 0.717) is 11.1 Å². The van der Waals surface area contributed by atoms with Crippen molar-refractivity contribution in [2.24, 2.45) is 0 Å². The van der Waals surface area contributed by atoms with Crippen molar-refractivity contribution >= 4 is 0 Å². The Hall–Kier alpha value is -2.64. The lowest BCUT2D eigenvalue weighted by Crippen LogP contribution is -2.50. The smallest absolute Gasteiger partial charge is 0.387 e. The molecular formula is C21H18F6O2. The van der Waals surface area contributed by atoms with Crippen LogP contribution in [0.25, 0.3) is 0 Å². The van der Waals surface area contributed by atoms with E-state index < -0.39 is 29.3 Å². The summed E-state index contributed by atoms with van der Waals surface area (Å²) in [6, 6.07) is 8.04. The number of hydrogen-bond acceptors (Lipinski definition) is 2. The third kappa shape index (κ3) is 3.24. The maximum atomic E-state index is 14.4. The van der Waals surface area contributed by atoms with Gasteiger partial charge in [-0.25, -0.2) is 0 Å². The number of halogens is 6. The average molecular weight is 416 g/mol. The van der Waals surface area contributed by atoms with Crippen LogP contribution in [0.2, 0.25) is 0 Å². The quantitative estimate of drug-likeness (QED) is 0.529. The second-order valence-corrected chi connectivity index (χ2v) is 7.08. The Balaban J connectivity index is 2.13. The fraction of sp³-hybridized carbons (Fsp3) is 0.333. The van der Waals surface area contributed by atoms with Crippen LogP contribution in [-0.2, 0) is 0 Å². The van der Waals surface area contributed by atoms with Crippen molar-refractivity contribution in [3.63, 3.8) is 0 Å². The van der Waals surface area contributed by atoms with Crippen molar-refractivity contribution in [2.45, 2.75) is 45.5 Å². The Kier molecular flexibility index (Phi) is 4.88. The number of aryl methyl sites for hydroxylation is 4. The summed E-state index contributed by atoms with van der Waals surface area (Å²) in [4.78, 5) is 0. The Morgan fingerprint density at radius 2 is 0.897 bits per heavy atom. The van der Waals surface area contributed by atoms with Crippen LogP contribution in [0.5, 0.6) is 11.5 Å². The summed E-state index contributed by atoms with van der Waals surface area (Å²) in [5, 5.41) is 0. The normalized spacial score (nSPS) is 19.4. The number of hydrogen-bond donors (Lipinski definition) is 0. The molecule has 0 fully saturated rings. The molecule has 0 aliphatic heterocycles. The summed E-state index contributed by atoms with van der Waals surface area (Å²) in [7, 11) is 0. The van der Waals surface area contributed by atoms with Crippen LogP contribution in [0.4, 0.5) is 26.3 Å². The van der Waals surface area contributed by atoms with Crippen LogP contribution in [0, 0.1) is 27.7 Å². The molecule has 0 spiro atoms. The molecule has 2 aromatic rings. The monoisotopic (exact) mass is 416 g/mol. The molecule has 0 saturated carbocycles. The van der Waals surface area contributed by atoms with Gasteiger partial charge in [-0.15, -0.1) is 0 Å². The van der Waals surface area contributed by atoms with Gasteiger partial charge in [-0.3, -0.25) is 0 Å². The molecule has 1 aliphatic carbocycles. The van der Waals surface area contributed by atoms with Crippen molar-refractivity contribution in [2.75, 3.05) is 0 Å². The lowest BCUT2D eigenvalue weighted by Gasteiger charge is -2.24. The third-order valence-corrected chi connectivity index (χ3v) is 4.96. The summed E-state index contributed by atoms with van der Waals surface area (Å²) in [6.07, 6.45) is 0. The Bertz CT molecular complexity index is 917. The van der Waals surface area contributed by atoms with Crippen molar-refractivity contribution in [1.82, 2.24) is 0 Å². The Labute approximate surface area is 163 Å². The van der Waals surface area contributed by atoms with Crippen LogP contribution in [0.15, 0.2) is 47.9 Å². The van der Waals surface area contributed by atoms with E-state index in [1.807, 2.05) is 0 Å². The summed E-state index contributed by atoms with van der Waals surface area (Å²) in [6.45, 7) is 6.75. The fourth-order valence-corrected chi connectivity index (χ4v) is 2.78. The molecule has 0 heterocycles. The molecule has 0 N–H and O–H groups in total. The highest BCUT2D eigenvalue weighted by Gasteiger charge is 2.83. The molecule has 3 rings (SSSR count). The van der Waals surface area contributed by atoms with Gasteiger partial charge in [-0.1, -0.05) is 12.1 Å². The van der Waals surface area contributed by atoms with E-state index in [9.17, 15) is 26.3 Å². The van der Waals surface area contributed by atoms with Gasteiger partial charge in [-0.05, 0) is 74.2 Å². The summed E-state index contributed by atoms with van der Waals surface area (Å²) >= 11 is 0. The van der Waals surface area contributed by atoms with Crippen molar-refractivity contribution in [3.8, 4) is 11.5 Å². The first-order chi connectivity index (χ1) is 13.3. The van der Waals surface area contributed by atoms with Gasteiger partial charge in [-0.2, -0.15) is 26.3 Å². The van der Waals surface area contributed by atoms with Gasteiger partial charge >= 0.3 is 17.8 Å². The first-order valence-electron chi connectivity index (χ1n) is 8.68. The number of rotatable bonds is 4. The Morgan fingerprint density at radius 3 is 1.21 bits per heavy atom. The molecule has 0 amide bonds. The van der Waals surface area contributed by atoms with E-state index in [1.54, 1.807) is 27.7 Å². The number of allylic oxidation sites excluding steroid dienone is 2. The summed E-state index contributed by atoms with van der Waals surface area (Å²) in [5.74, 6) is -20.6. The van der Waals surface area contributed by atoms with E-state index in [0.717, 1.165) is 11.1 Å². The molecule has 0 aromatic heterocycles. The second-order valence-electron chi connectivity index (χ2n) is 7.08. The minimum Gasteiger partial charge on any atom is -0.451 e. The molecule has 0 radical (unpaired) electrons. The fourth-order valence-electron chi connectivity index (χ4n) is 2.78. The molecule has 29 heavy (non-hydrogen) atoms. The van der Waals surface area contributed by atoms with E-state index in [4.69, 9.17) is 9.47 Å². The van der Waals surface area contributed by atoms with Gasteiger partial charge < -0.3 is 9.47 Å². The van der Waals surface area contributed by atoms with Gasteiger partial charge in [0.2, 0.25) is 11.5 Å². The first-order valence-corrected chi connectivity index (χ1v) is 8.68. The molecule has 2 aromatic carbocycles. The van der Waals surface area contributed by atoms with E-state index in [-0.39, 0.29) is 11.5 Å². The number of alkyl halides is 6. The van der Waals surface area contributed by atoms with E-state index in [1.165, 1.54) is 36.4 Å². The molecule has 0 bridgehead atoms. The first kappa shape index (κ1) is 21.1. The molecule has 2 nitrogen and oxygen atoms in total. The zero-order valence-corrected chi connectivity index (χ0v) is 16.0. The highest BCUT2D eigenvalue weighted by Crippen LogP contribution is 2.59. The zero-order valence-electron chi connectivity index (χ0n) is 16.0. The molecule has 8 heteroatoms. The predicted octanol–water partition coefficient (Wildman–Crippen LogP) is 6.51. The molecule has 0 atom stereocenters. The van der Waals surface area contributed by atoms with E-state index >= 15 is 0 Å². The van der Waals surface area contributed by atoms with Gasteiger partial charge in [0.25, 0.3) is 0 Å². The molecule has 1 aliphatic rings. The zero-order chi connectivity index (χ0) is 21.8. The second kappa shape index (κ2) is 6.71. The van der Waals surface area contributed by atoms with E-state index in [2.05, 4.69) is 0 Å². The van der Waals surface area contributed by atoms with Crippen LogP contribution in [-0.4, -0.2) is 17.8 Å². The molecule has 156 valence electrons. The highest BCUT2D eigenvalue weighted by atomic mass is 19.3. The summed E-state index contributed by atoms with van der Waals surface area (Å²) < 4.78 is 95.1. The van der Waals surface area contributed by atoms with Gasteiger partial charge in [0.05, 0.1) is 0 Å². The predicted molar refractivity (Wildman–Crippen MR) is 95.0 cm³/mol. The lowest BCUT2D eigenvalue weighted by atomic mass is 10.1. The molecule has 0 saturated heterocycles. The third-order valence-electron chi connectivity index (χ3n) is 4.96. The largest absolute Gasteiger partial charge is 0.451 e. The molecular weight excluding hydrogens is 398 g/mol. The SMILES string of the molecule is Cc1ccc(OC2=C(Oc3ccc(C)c(C)c3)C(F)(F)C(F)(F)C2(F)F)cc1C. The summed E-state index contributed by atoms with van der Waals surface area (Å²) in [5.41, 5.74) is 2.79. The van der Waals surface area contributed by atoms with Gasteiger partial charge in [0.15, 0.2) is 0 Å². The number of ether oxygens (including phenoxy) is 2. The standard InChI is InChI=1S/C21H18F6O2/c1-11-5-7-15(9-13(11)3)28-17-18(20(24,25)21(26,27)19(17,22)23)29-16-8-6-12(2)14(4)10-16/h5-10H,1-4H3. The minimum absolute atomic E-state index is 0.280. The van der Waals surface area contributed by atoms with Crippen LogP contribution in [0.1, 0.15) is 22.3 Å². The Morgan fingerprint density at radius 1 is 0.552 bits per heavy atom. The minimum atomic E-state index is -5.72. The number of benzene rings is 2. The maximum Gasteiger partial charge on any atom is 0.387 e. The van der Waals surface area contributed by atoms with Crippen LogP contribution < -0.4 is 9.47 Å². The van der Waals surface area contributed by atoms with Crippen LogP contribution >= 0.6 is 0 Å². The van der Waals surface area contributed by atoms with Crippen LogP contribution in [0.3, 0.4) is 0 Å². The average Bonchev–Trinajstić information content (AvgIpc) is 2.71. The van der Waals surface area contributed by atoms with Gasteiger partial charge in [0.1, 0.15) is 11.5 Å². The van der Waals surface area contributed by atoms with Gasteiger partial charge in [0, 0.05) is 0 Å².